The molecule has 0 amide bonds. The molecular formula is C13H18ClNO3S. The van der Waals surface area contributed by atoms with E-state index in [1.165, 1.54) is 11.8 Å². The summed E-state index contributed by atoms with van der Waals surface area (Å²) in [7, 11) is 0. The molecule has 19 heavy (non-hydrogen) atoms. The minimum atomic E-state index is -0.990. The van der Waals surface area contributed by atoms with Gasteiger partial charge in [-0.3, -0.25) is 4.79 Å². The molecule has 0 unspecified atom stereocenters. The third kappa shape index (κ3) is 5.30. The minimum Gasteiger partial charge on any atom is -0.493 e. The fourth-order valence-corrected chi connectivity index (χ4v) is 2.48. The Morgan fingerprint density at radius 3 is 2.58 bits per heavy atom. The number of aliphatic carboxylic acids is 1. The number of carboxylic acids is 1. The van der Waals surface area contributed by atoms with Gasteiger partial charge in [-0.1, -0.05) is 11.6 Å². The highest BCUT2D eigenvalue weighted by molar-refractivity contribution is 8.00. The van der Waals surface area contributed by atoms with E-state index in [0.29, 0.717) is 17.4 Å². The molecule has 0 saturated carbocycles. The maximum absolute atomic E-state index is 10.8. The molecule has 1 rings (SSSR count). The number of thioether (sulfide) groups is 1. The predicted molar refractivity (Wildman–Crippen MR) is 79.1 cm³/mol. The van der Waals surface area contributed by atoms with Gasteiger partial charge in [-0.05, 0) is 38.1 Å². The summed E-state index contributed by atoms with van der Waals surface area (Å²) in [4.78, 5) is 10.8. The number of halogens is 1. The molecule has 0 aromatic heterocycles. The van der Waals surface area contributed by atoms with Crippen molar-refractivity contribution in [2.75, 3.05) is 12.4 Å². The molecule has 4 nitrogen and oxygen atoms in total. The highest BCUT2D eigenvalue weighted by Crippen LogP contribution is 2.27. The Bertz CT molecular complexity index is 422. The van der Waals surface area contributed by atoms with Gasteiger partial charge < -0.3 is 15.6 Å². The normalized spacial score (nSPS) is 13.1. The number of nitrogens with two attached hydrogens (primary N) is 1. The molecule has 0 bridgehead atoms. The first-order valence-electron chi connectivity index (χ1n) is 5.83. The molecule has 6 heteroatoms. The van der Waals surface area contributed by atoms with Crippen LogP contribution < -0.4 is 10.5 Å². The van der Waals surface area contributed by atoms with Crippen molar-refractivity contribution in [1.82, 2.24) is 0 Å². The molecular weight excluding hydrogens is 286 g/mol. The SMILES string of the molecule is CC(C)(SCCOc1ccc(Cl)cc1)[C@H](N)C(=O)O. The van der Waals surface area contributed by atoms with Gasteiger partial charge in [-0.25, -0.2) is 0 Å². The lowest BCUT2D eigenvalue weighted by atomic mass is 10.1. The van der Waals surface area contributed by atoms with Crippen LogP contribution in [0.2, 0.25) is 5.02 Å². The Kier molecular flexibility index (Phi) is 5.97. The first kappa shape index (κ1) is 16.1. The predicted octanol–water partition coefficient (Wildman–Crippen LogP) is 2.64. The van der Waals surface area contributed by atoms with Crippen LogP contribution in [0.15, 0.2) is 24.3 Å². The lowest BCUT2D eigenvalue weighted by Gasteiger charge is -2.27. The van der Waals surface area contributed by atoms with Crippen molar-refractivity contribution in [2.24, 2.45) is 5.73 Å². The first-order chi connectivity index (χ1) is 8.83. The van der Waals surface area contributed by atoms with Gasteiger partial charge in [-0.15, -0.1) is 11.8 Å². The van der Waals surface area contributed by atoms with Crippen molar-refractivity contribution in [2.45, 2.75) is 24.6 Å². The molecule has 1 aromatic carbocycles. The average molecular weight is 304 g/mol. The molecule has 0 spiro atoms. The van der Waals surface area contributed by atoms with Crippen LogP contribution in [0.3, 0.4) is 0 Å². The highest BCUT2D eigenvalue weighted by atomic mass is 35.5. The van der Waals surface area contributed by atoms with E-state index in [1.807, 2.05) is 13.8 Å². The molecule has 0 aliphatic heterocycles. The summed E-state index contributed by atoms with van der Waals surface area (Å²) in [5.41, 5.74) is 5.63. The Hall–Kier alpha value is -0.910. The molecule has 0 fully saturated rings. The summed E-state index contributed by atoms with van der Waals surface area (Å²) >= 11 is 7.25. The van der Waals surface area contributed by atoms with Gasteiger partial charge in [0.2, 0.25) is 0 Å². The van der Waals surface area contributed by atoms with E-state index >= 15 is 0 Å². The van der Waals surface area contributed by atoms with Crippen LogP contribution in [0.5, 0.6) is 5.75 Å². The van der Waals surface area contributed by atoms with Crippen LogP contribution in [0, 0.1) is 0 Å². The second-order valence-corrected chi connectivity index (χ2v) is 6.76. The number of rotatable bonds is 7. The molecule has 0 saturated heterocycles. The third-order valence-electron chi connectivity index (χ3n) is 2.65. The van der Waals surface area contributed by atoms with Gasteiger partial charge in [0, 0.05) is 15.5 Å². The van der Waals surface area contributed by atoms with E-state index in [4.69, 9.17) is 27.2 Å². The molecule has 0 radical (unpaired) electrons. The molecule has 106 valence electrons. The first-order valence-corrected chi connectivity index (χ1v) is 7.20. The number of hydrogen-bond acceptors (Lipinski definition) is 4. The second-order valence-electron chi connectivity index (χ2n) is 4.57. The third-order valence-corrected chi connectivity index (χ3v) is 4.28. The van der Waals surface area contributed by atoms with Gasteiger partial charge in [-0.2, -0.15) is 0 Å². The number of carboxylic acid groups (broad SMARTS) is 1. The maximum Gasteiger partial charge on any atom is 0.321 e. The molecule has 0 heterocycles. The minimum absolute atomic E-state index is 0.488. The van der Waals surface area contributed by atoms with E-state index in [2.05, 4.69) is 0 Å². The van der Waals surface area contributed by atoms with Crippen molar-refractivity contribution in [3.63, 3.8) is 0 Å². The standard InChI is InChI=1S/C13H18ClNO3S/c1-13(2,11(15)12(16)17)19-8-7-18-10-5-3-9(14)4-6-10/h3-6,11H,7-8,15H2,1-2H3,(H,16,17)/t11-/m1/s1. The Balaban J connectivity index is 2.34. The van der Waals surface area contributed by atoms with E-state index in [0.717, 1.165) is 5.75 Å². The molecule has 1 atom stereocenters. The van der Waals surface area contributed by atoms with Crippen LogP contribution in [-0.4, -0.2) is 34.2 Å². The summed E-state index contributed by atoms with van der Waals surface area (Å²) in [6.07, 6.45) is 0. The van der Waals surface area contributed by atoms with Crippen molar-refractivity contribution in [3.8, 4) is 5.75 Å². The zero-order chi connectivity index (χ0) is 14.5. The van der Waals surface area contributed by atoms with E-state index in [1.54, 1.807) is 24.3 Å². The molecule has 3 N–H and O–H groups in total. The van der Waals surface area contributed by atoms with Gasteiger partial charge in [0.25, 0.3) is 0 Å². The maximum atomic E-state index is 10.8. The lowest BCUT2D eigenvalue weighted by molar-refractivity contribution is -0.139. The zero-order valence-corrected chi connectivity index (χ0v) is 12.5. The van der Waals surface area contributed by atoms with Crippen molar-refractivity contribution in [1.29, 1.82) is 0 Å². The summed E-state index contributed by atoms with van der Waals surface area (Å²) in [5, 5.41) is 9.56. The van der Waals surface area contributed by atoms with Gasteiger partial charge in [0.05, 0.1) is 6.61 Å². The molecule has 1 aromatic rings. The number of hydrogen-bond donors (Lipinski definition) is 2. The van der Waals surface area contributed by atoms with Crippen LogP contribution in [-0.2, 0) is 4.79 Å². The van der Waals surface area contributed by atoms with Crippen molar-refractivity contribution in [3.05, 3.63) is 29.3 Å². The summed E-state index contributed by atoms with van der Waals surface area (Å²) in [6.45, 7) is 4.12. The summed E-state index contributed by atoms with van der Waals surface area (Å²) in [5.74, 6) is 0.415. The topological polar surface area (TPSA) is 72.5 Å². The zero-order valence-electron chi connectivity index (χ0n) is 10.9. The van der Waals surface area contributed by atoms with Crippen LogP contribution in [0.1, 0.15) is 13.8 Å². The smallest absolute Gasteiger partial charge is 0.321 e. The lowest BCUT2D eigenvalue weighted by Crippen LogP contribution is -2.47. The van der Waals surface area contributed by atoms with Crippen LogP contribution >= 0.6 is 23.4 Å². The monoisotopic (exact) mass is 303 g/mol. The summed E-state index contributed by atoms with van der Waals surface area (Å²) in [6, 6.07) is 6.21. The van der Waals surface area contributed by atoms with Gasteiger partial charge in [0.15, 0.2) is 0 Å². The molecule has 0 aliphatic rings. The second kappa shape index (κ2) is 7.03. The van der Waals surface area contributed by atoms with Crippen LogP contribution in [0.25, 0.3) is 0 Å². The van der Waals surface area contributed by atoms with E-state index in [9.17, 15) is 4.79 Å². The Morgan fingerprint density at radius 2 is 2.05 bits per heavy atom. The van der Waals surface area contributed by atoms with Crippen molar-refractivity contribution >= 4 is 29.3 Å². The quantitative estimate of drug-likeness (QED) is 0.758. The highest BCUT2D eigenvalue weighted by Gasteiger charge is 2.32. The van der Waals surface area contributed by atoms with Crippen LogP contribution in [0.4, 0.5) is 0 Å². The number of ether oxygens (including phenoxy) is 1. The van der Waals surface area contributed by atoms with E-state index < -0.39 is 16.8 Å². The van der Waals surface area contributed by atoms with Crippen molar-refractivity contribution < 1.29 is 14.6 Å². The Morgan fingerprint density at radius 1 is 1.47 bits per heavy atom. The van der Waals surface area contributed by atoms with E-state index in [-0.39, 0.29) is 0 Å². The summed E-state index contributed by atoms with van der Waals surface area (Å²) < 4.78 is 5.00. The average Bonchev–Trinajstić information content (AvgIpc) is 2.35. The fraction of sp³-hybridized carbons (Fsp3) is 0.462. The Labute approximate surface area is 122 Å². The van der Waals surface area contributed by atoms with Gasteiger partial charge in [0.1, 0.15) is 11.8 Å². The number of carbonyl (C=O) groups is 1. The number of benzene rings is 1. The van der Waals surface area contributed by atoms with Gasteiger partial charge >= 0.3 is 5.97 Å². The molecule has 0 aliphatic carbocycles. The fourth-order valence-electron chi connectivity index (χ4n) is 1.38. The largest absolute Gasteiger partial charge is 0.493 e.